The molecule has 1 saturated heterocycles. The largest absolute Gasteiger partial charge is 0.329 e. The Bertz CT molecular complexity index is 236. The average molecular weight is 210 g/mol. The number of nitrogens with zero attached hydrogens (tertiary/aromatic N) is 1. The zero-order valence-corrected chi connectivity index (χ0v) is 9.83. The Hall–Kier alpha value is -0.570. The van der Waals surface area contributed by atoms with Crippen molar-refractivity contribution in [1.29, 1.82) is 0 Å². The van der Waals surface area contributed by atoms with Gasteiger partial charge in [-0.3, -0.25) is 10.1 Å². The van der Waals surface area contributed by atoms with Crippen LogP contribution in [0.15, 0.2) is 0 Å². The van der Waals surface area contributed by atoms with E-state index in [4.69, 9.17) is 0 Å². The summed E-state index contributed by atoms with van der Waals surface area (Å²) >= 11 is 0. The SMILES string of the molecule is CC(C)C1NCN(CCC2CCC2)C1=O. The van der Waals surface area contributed by atoms with Gasteiger partial charge >= 0.3 is 0 Å². The third-order valence-corrected chi connectivity index (χ3v) is 3.78. The second kappa shape index (κ2) is 4.52. The molecule has 3 nitrogen and oxygen atoms in total. The molecule has 2 rings (SSSR count). The van der Waals surface area contributed by atoms with Gasteiger partial charge in [0.05, 0.1) is 12.7 Å². The topological polar surface area (TPSA) is 32.3 Å². The quantitative estimate of drug-likeness (QED) is 0.764. The van der Waals surface area contributed by atoms with E-state index in [9.17, 15) is 4.79 Å². The van der Waals surface area contributed by atoms with Crippen molar-refractivity contribution in [3.05, 3.63) is 0 Å². The molecular formula is C12H22N2O. The van der Waals surface area contributed by atoms with E-state index in [1.807, 2.05) is 4.90 Å². The van der Waals surface area contributed by atoms with Crippen molar-refractivity contribution in [3.63, 3.8) is 0 Å². The van der Waals surface area contributed by atoms with Crippen LogP contribution < -0.4 is 5.32 Å². The van der Waals surface area contributed by atoms with E-state index in [1.165, 1.54) is 25.7 Å². The number of carbonyl (C=O) groups is 1. The first-order valence-electron chi connectivity index (χ1n) is 6.20. The van der Waals surface area contributed by atoms with Crippen molar-refractivity contribution >= 4 is 5.91 Å². The lowest BCUT2D eigenvalue weighted by atomic mass is 9.83. The van der Waals surface area contributed by atoms with Gasteiger partial charge in [-0.15, -0.1) is 0 Å². The van der Waals surface area contributed by atoms with Gasteiger partial charge in [-0.25, -0.2) is 0 Å². The van der Waals surface area contributed by atoms with E-state index in [1.54, 1.807) is 0 Å². The summed E-state index contributed by atoms with van der Waals surface area (Å²) in [5.41, 5.74) is 0. The number of nitrogens with one attached hydrogen (secondary N) is 1. The summed E-state index contributed by atoms with van der Waals surface area (Å²) in [5.74, 6) is 1.62. The first-order valence-corrected chi connectivity index (χ1v) is 6.20. The van der Waals surface area contributed by atoms with E-state index < -0.39 is 0 Å². The average Bonchev–Trinajstić information content (AvgIpc) is 2.45. The molecule has 1 saturated carbocycles. The van der Waals surface area contributed by atoms with Crippen LogP contribution >= 0.6 is 0 Å². The maximum absolute atomic E-state index is 11.9. The van der Waals surface area contributed by atoms with Crippen LogP contribution in [0.4, 0.5) is 0 Å². The molecule has 3 heteroatoms. The van der Waals surface area contributed by atoms with Crippen molar-refractivity contribution in [2.75, 3.05) is 13.2 Å². The number of rotatable bonds is 4. The molecule has 0 aromatic carbocycles. The molecule has 86 valence electrons. The van der Waals surface area contributed by atoms with E-state index in [2.05, 4.69) is 19.2 Å². The van der Waals surface area contributed by atoms with Gasteiger partial charge in [-0.2, -0.15) is 0 Å². The molecule has 0 aromatic rings. The van der Waals surface area contributed by atoms with Gasteiger partial charge in [0.15, 0.2) is 0 Å². The number of amides is 1. The predicted molar refractivity (Wildman–Crippen MR) is 60.3 cm³/mol. The molecule has 1 amide bonds. The standard InChI is InChI=1S/C12H22N2O/c1-9(2)11-12(15)14(8-13-11)7-6-10-4-3-5-10/h9-11,13H,3-8H2,1-2H3. The highest BCUT2D eigenvalue weighted by Gasteiger charge is 2.33. The fourth-order valence-corrected chi connectivity index (χ4v) is 2.40. The van der Waals surface area contributed by atoms with E-state index in [-0.39, 0.29) is 6.04 Å². The molecule has 1 aliphatic carbocycles. The van der Waals surface area contributed by atoms with Gasteiger partial charge in [-0.05, 0) is 18.3 Å². The lowest BCUT2D eigenvalue weighted by Gasteiger charge is -2.27. The van der Waals surface area contributed by atoms with Crippen LogP contribution in [0.1, 0.15) is 39.5 Å². The van der Waals surface area contributed by atoms with Crippen LogP contribution in [-0.2, 0) is 4.79 Å². The van der Waals surface area contributed by atoms with Crippen LogP contribution in [-0.4, -0.2) is 30.1 Å². The molecule has 0 radical (unpaired) electrons. The summed E-state index contributed by atoms with van der Waals surface area (Å²) in [6, 6.07) is 0.0615. The fourth-order valence-electron chi connectivity index (χ4n) is 2.40. The molecule has 1 N–H and O–H groups in total. The molecule has 0 spiro atoms. The van der Waals surface area contributed by atoms with Gasteiger partial charge < -0.3 is 4.90 Å². The molecule has 0 bridgehead atoms. The first kappa shape index (κ1) is 10.9. The minimum absolute atomic E-state index is 0.0615. The van der Waals surface area contributed by atoms with Gasteiger partial charge in [0.25, 0.3) is 0 Å². The minimum atomic E-state index is 0.0615. The zero-order valence-electron chi connectivity index (χ0n) is 9.83. The molecule has 1 heterocycles. The van der Waals surface area contributed by atoms with Crippen LogP contribution in [0, 0.1) is 11.8 Å². The zero-order chi connectivity index (χ0) is 10.8. The van der Waals surface area contributed by atoms with E-state index in [0.717, 1.165) is 19.1 Å². The van der Waals surface area contributed by atoms with Crippen LogP contribution in [0.5, 0.6) is 0 Å². The summed E-state index contributed by atoms with van der Waals surface area (Å²) < 4.78 is 0. The molecule has 1 unspecified atom stereocenters. The molecule has 1 aliphatic heterocycles. The third kappa shape index (κ3) is 2.33. The molecule has 2 aliphatic rings. The Balaban J connectivity index is 1.76. The summed E-state index contributed by atoms with van der Waals surface area (Å²) in [4.78, 5) is 13.9. The summed E-state index contributed by atoms with van der Waals surface area (Å²) in [5, 5.41) is 3.29. The van der Waals surface area contributed by atoms with Gasteiger partial charge in [0.2, 0.25) is 5.91 Å². The fraction of sp³-hybridized carbons (Fsp3) is 0.917. The molecule has 0 aromatic heterocycles. The van der Waals surface area contributed by atoms with Crippen LogP contribution in [0.2, 0.25) is 0 Å². The summed E-state index contributed by atoms with van der Waals surface area (Å²) in [6.07, 6.45) is 5.36. The highest BCUT2D eigenvalue weighted by Crippen LogP contribution is 2.29. The van der Waals surface area contributed by atoms with E-state index >= 15 is 0 Å². The minimum Gasteiger partial charge on any atom is -0.329 e. The Labute approximate surface area is 92.2 Å². The van der Waals surface area contributed by atoms with Crippen LogP contribution in [0.25, 0.3) is 0 Å². The highest BCUT2D eigenvalue weighted by atomic mass is 16.2. The normalized spacial score (nSPS) is 27.5. The van der Waals surface area contributed by atoms with Gasteiger partial charge in [-0.1, -0.05) is 33.1 Å². The Morgan fingerprint density at radius 2 is 2.20 bits per heavy atom. The van der Waals surface area contributed by atoms with Gasteiger partial charge in [0.1, 0.15) is 0 Å². The summed E-state index contributed by atoms with van der Waals surface area (Å²) in [7, 11) is 0. The lowest BCUT2D eigenvalue weighted by molar-refractivity contribution is -0.129. The lowest BCUT2D eigenvalue weighted by Crippen LogP contribution is -2.35. The molecular weight excluding hydrogens is 188 g/mol. The number of carbonyl (C=O) groups excluding carboxylic acids is 1. The maximum Gasteiger partial charge on any atom is 0.241 e. The number of hydrogen-bond donors (Lipinski definition) is 1. The molecule has 1 atom stereocenters. The van der Waals surface area contributed by atoms with Crippen molar-refractivity contribution in [2.45, 2.75) is 45.6 Å². The molecule has 15 heavy (non-hydrogen) atoms. The van der Waals surface area contributed by atoms with Crippen LogP contribution in [0.3, 0.4) is 0 Å². The Kier molecular flexibility index (Phi) is 3.29. The van der Waals surface area contributed by atoms with Crippen molar-refractivity contribution in [2.24, 2.45) is 11.8 Å². The highest BCUT2D eigenvalue weighted by molar-refractivity contribution is 5.83. The predicted octanol–water partition coefficient (Wildman–Crippen LogP) is 1.59. The second-order valence-electron chi connectivity index (χ2n) is 5.27. The maximum atomic E-state index is 11.9. The van der Waals surface area contributed by atoms with Crippen molar-refractivity contribution < 1.29 is 4.79 Å². The monoisotopic (exact) mass is 210 g/mol. The van der Waals surface area contributed by atoms with E-state index in [0.29, 0.717) is 11.8 Å². The number of hydrogen-bond acceptors (Lipinski definition) is 2. The Morgan fingerprint density at radius 3 is 2.67 bits per heavy atom. The third-order valence-electron chi connectivity index (χ3n) is 3.78. The van der Waals surface area contributed by atoms with Gasteiger partial charge in [0, 0.05) is 6.54 Å². The second-order valence-corrected chi connectivity index (χ2v) is 5.27. The first-order chi connectivity index (χ1) is 7.18. The van der Waals surface area contributed by atoms with Crippen molar-refractivity contribution in [1.82, 2.24) is 10.2 Å². The summed E-state index contributed by atoms with van der Waals surface area (Å²) in [6.45, 7) is 5.92. The Morgan fingerprint density at radius 1 is 1.47 bits per heavy atom. The smallest absolute Gasteiger partial charge is 0.241 e. The molecule has 2 fully saturated rings. The van der Waals surface area contributed by atoms with Crippen molar-refractivity contribution in [3.8, 4) is 0 Å².